The van der Waals surface area contributed by atoms with Crippen molar-refractivity contribution in [2.45, 2.75) is 0 Å². The molecule has 0 fully saturated rings. The van der Waals surface area contributed by atoms with Gasteiger partial charge in [0.05, 0.1) is 6.61 Å². The number of ether oxygens (including phenoxy) is 1. The first kappa shape index (κ1) is 6.23. The third kappa shape index (κ3) is 1.27. The maximum absolute atomic E-state index is 10.7. The van der Waals surface area contributed by atoms with E-state index in [4.69, 9.17) is 4.74 Å². The molecule has 0 heterocycles. The van der Waals surface area contributed by atoms with Crippen molar-refractivity contribution in [3.8, 4) is 0 Å². The van der Waals surface area contributed by atoms with Crippen LogP contribution in [0, 0.1) is 0 Å². The Kier molecular flexibility index (Phi) is 1.80. The molecule has 48 valence electrons. The van der Waals surface area contributed by atoms with Crippen molar-refractivity contribution in [2.24, 2.45) is 0 Å². The van der Waals surface area contributed by atoms with Gasteiger partial charge in [-0.05, 0) is 6.08 Å². The lowest BCUT2D eigenvalue weighted by Crippen LogP contribution is -2.01. The van der Waals surface area contributed by atoms with Gasteiger partial charge in [-0.1, -0.05) is 12.2 Å². The fraction of sp³-hybridized carbons (Fsp3) is 0.286. The average Bonchev–Trinajstić information content (AvgIpc) is 2.18. The first-order valence-electron chi connectivity index (χ1n) is 2.75. The summed E-state index contributed by atoms with van der Waals surface area (Å²) in [6.45, 7) is 0.422. The predicted molar refractivity (Wildman–Crippen MR) is 34.1 cm³/mol. The number of allylic oxidation sites excluding steroid dienone is 3. The summed E-state index contributed by atoms with van der Waals surface area (Å²) in [6, 6.07) is 0. The average molecular weight is 124 g/mol. The lowest BCUT2D eigenvalue weighted by atomic mass is 10.2. The Hall–Kier alpha value is -0.890. The molecular formula is C7H8O2. The Morgan fingerprint density at radius 1 is 1.67 bits per heavy atom. The van der Waals surface area contributed by atoms with Crippen LogP contribution in [0.15, 0.2) is 23.8 Å². The molecule has 1 rings (SSSR count). The summed E-state index contributed by atoms with van der Waals surface area (Å²) < 4.78 is 4.77. The highest BCUT2D eigenvalue weighted by Crippen LogP contribution is 2.05. The van der Waals surface area contributed by atoms with Crippen molar-refractivity contribution in [1.29, 1.82) is 0 Å². The van der Waals surface area contributed by atoms with E-state index in [2.05, 4.69) is 0 Å². The third-order valence-electron chi connectivity index (χ3n) is 1.16. The van der Waals surface area contributed by atoms with Crippen molar-refractivity contribution >= 4 is 5.78 Å². The van der Waals surface area contributed by atoms with Gasteiger partial charge >= 0.3 is 0 Å². The van der Waals surface area contributed by atoms with Crippen LogP contribution in [0.4, 0.5) is 0 Å². The van der Waals surface area contributed by atoms with Crippen molar-refractivity contribution in [3.63, 3.8) is 0 Å². The molecule has 0 spiro atoms. The molecule has 0 saturated carbocycles. The van der Waals surface area contributed by atoms with Gasteiger partial charge in [0.15, 0.2) is 5.78 Å². The third-order valence-corrected chi connectivity index (χ3v) is 1.16. The Bertz CT molecular complexity index is 177. The van der Waals surface area contributed by atoms with Crippen LogP contribution in [-0.4, -0.2) is 19.5 Å². The summed E-state index contributed by atoms with van der Waals surface area (Å²) in [5, 5.41) is 0. The van der Waals surface area contributed by atoms with E-state index in [9.17, 15) is 4.79 Å². The van der Waals surface area contributed by atoms with Crippen LogP contribution >= 0.6 is 0 Å². The van der Waals surface area contributed by atoms with Crippen molar-refractivity contribution in [2.75, 3.05) is 13.7 Å². The van der Waals surface area contributed by atoms with Gasteiger partial charge in [-0.3, -0.25) is 4.79 Å². The Labute approximate surface area is 53.8 Å². The van der Waals surface area contributed by atoms with Crippen LogP contribution in [0.3, 0.4) is 0 Å². The molecule has 0 amide bonds. The minimum absolute atomic E-state index is 0.0665. The molecule has 0 atom stereocenters. The number of rotatable bonds is 2. The molecule has 0 aromatic rings. The summed E-state index contributed by atoms with van der Waals surface area (Å²) in [5.41, 5.74) is 0.734. The van der Waals surface area contributed by atoms with E-state index in [0.29, 0.717) is 6.61 Å². The first-order chi connectivity index (χ1) is 4.34. The molecule has 0 aliphatic heterocycles. The number of ketones is 1. The molecule has 2 heteroatoms. The van der Waals surface area contributed by atoms with Gasteiger partial charge in [0, 0.05) is 12.7 Å². The van der Waals surface area contributed by atoms with E-state index in [1.807, 2.05) is 0 Å². The van der Waals surface area contributed by atoms with Crippen LogP contribution in [0.25, 0.3) is 0 Å². The highest BCUT2D eigenvalue weighted by atomic mass is 16.5. The minimum Gasteiger partial charge on any atom is -0.380 e. The number of carbonyl (C=O) groups excluding carboxylic acids is 1. The summed E-state index contributed by atoms with van der Waals surface area (Å²) in [4.78, 5) is 10.7. The van der Waals surface area contributed by atoms with Gasteiger partial charge in [0.2, 0.25) is 0 Å². The fourth-order valence-corrected chi connectivity index (χ4v) is 0.716. The lowest BCUT2D eigenvalue weighted by molar-refractivity contribution is -0.111. The highest BCUT2D eigenvalue weighted by Gasteiger charge is 2.07. The molecule has 0 saturated heterocycles. The van der Waals surface area contributed by atoms with Crippen LogP contribution in [-0.2, 0) is 9.53 Å². The normalized spacial score (nSPS) is 16.6. The summed E-state index contributed by atoms with van der Waals surface area (Å²) in [7, 11) is 1.58. The predicted octanol–water partition coefficient (Wildman–Crippen LogP) is 0.698. The van der Waals surface area contributed by atoms with Crippen molar-refractivity contribution < 1.29 is 9.53 Å². The van der Waals surface area contributed by atoms with Gasteiger partial charge < -0.3 is 4.74 Å². The summed E-state index contributed by atoms with van der Waals surface area (Å²) in [6.07, 6.45) is 5.04. The molecule has 0 aromatic carbocycles. The van der Waals surface area contributed by atoms with Crippen LogP contribution < -0.4 is 0 Å². The van der Waals surface area contributed by atoms with Crippen molar-refractivity contribution in [1.82, 2.24) is 0 Å². The van der Waals surface area contributed by atoms with Crippen molar-refractivity contribution in [3.05, 3.63) is 23.8 Å². The molecule has 1 aliphatic carbocycles. The van der Waals surface area contributed by atoms with Gasteiger partial charge in [-0.25, -0.2) is 0 Å². The SMILES string of the molecule is COCC1=CC=CC1=O. The standard InChI is InChI=1S/C7H8O2/c1-9-5-6-3-2-4-7(6)8/h2-4H,5H2,1H3. The Morgan fingerprint density at radius 3 is 2.89 bits per heavy atom. The van der Waals surface area contributed by atoms with Crippen LogP contribution in [0.5, 0.6) is 0 Å². The largest absolute Gasteiger partial charge is 0.380 e. The molecule has 0 N–H and O–H groups in total. The first-order valence-corrected chi connectivity index (χ1v) is 2.75. The fourth-order valence-electron chi connectivity index (χ4n) is 0.716. The second-order valence-corrected chi connectivity index (χ2v) is 1.85. The molecule has 2 nitrogen and oxygen atoms in total. The topological polar surface area (TPSA) is 26.3 Å². The summed E-state index contributed by atoms with van der Waals surface area (Å²) in [5.74, 6) is 0.0665. The monoisotopic (exact) mass is 124 g/mol. The summed E-state index contributed by atoms with van der Waals surface area (Å²) >= 11 is 0. The van der Waals surface area contributed by atoms with E-state index in [1.54, 1.807) is 19.3 Å². The van der Waals surface area contributed by atoms with Gasteiger partial charge in [0.25, 0.3) is 0 Å². The molecule has 9 heavy (non-hydrogen) atoms. The number of methoxy groups -OCH3 is 1. The van der Waals surface area contributed by atoms with Crippen LogP contribution in [0.2, 0.25) is 0 Å². The molecule has 0 aromatic heterocycles. The zero-order chi connectivity index (χ0) is 6.69. The van der Waals surface area contributed by atoms with E-state index in [1.165, 1.54) is 6.08 Å². The molecule has 0 unspecified atom stereocenters. The number of hydrogen-bond donors (Lipinski definition) is 0. The van der Waals surface area contributed by atoms with Gasteiger partial charge in [0.1, 0.15) is 0 Å². The van der Waals surface area contributed by atoms with E-state index >= 15 is 0 Å². The second kappa shape index (κ2) is 2.60. The maximum Gasteiger partial charge on any atom is 0.184 e. The van der Waals surface area contributed by atoms with E-state index in [0.717, 1.165) is 5.57 Å². The Balaban J connectivity index is 2.54. The van der Waals surface area contributed by atoms with E-state index in [-0.39, 0.29) is 5.78 Å². The second-order valence-electron chi connectivity index (χ2n) is 1.85. The zero-order valence-corrected chi connectivity index (χ0v) is 5.26. The molecular weight excluding hydrogens is 116 g/mol. The number of hydrogen-bond acceptors (Lipinski definition) is 2. The number of carbonyl (C=O) groups is 1. The molecule has 0 radical (unpaired) electrons. The smallest absolute Gasteiger partial charge is 0.184 e. The maximum atomic E-state index is 10.7. The van der Waals surface area contributed by atoms with Crippen LogP contribution in [0.1, 0.15) is 0 Å². The van der Waals surface area contributed by atoms with Gasteiger partial charge in [-0.2, -0.15) is 0 Å². The molecule has 1 aliphatic rings. The zero-order valence-electron chi connectivity index (χ0n) is 5.26. The van der Waals surface area contributed by atoms with E-state index < -0.39 is 0 Å². The Morgan fingerprint density at radius 2 is 2.44 bits per heavy atom. The lowest BCUT2D eigenvalue weighted by Gasteiger charge is -1.94. The minimum atomic E-state index is 0.0665. The quantitative estimate of drug-likeness (QED) is 0.541. The highest BCUT2D eigenvalue weighted by molar-refractivity contribution is 6.06. The van der Waals surface area contributed by atoms with Gasteiger partial charge in [-0.15, -0.1) is 0 Å². The molecule has 0 bridgehead atoms.